The molecule has 0 aromatic carbocycles. The Bertz CT molecular complexity index is 502. The van der Waals surface area contributed by atoms with Crippen molar-refractivity contribution in [2.45, 2.75) is 50.7 Å². The van der Waals surface area contributed by atoms with Gasteiger partial charge in [-0.1, -0.05) is 0 Å². The Morgan fingerprint density at radius 3 is 2.53 bits per heavy atom. The molecule has 4 N–H and O–H groups in total. The van der Waals surface area contributed by atoms with Crippen molar-refractivity contribution in [2.75, 3.05) is 4.90 Å². The van der Waals surface area contributed by atoms with Crippen molar-refractivity contribution < 1.29 is 4.79 Å². The van der Waals surface area contributed by atoms with Crippen molar-refractivity contribution in [3.63, 3.8) is 0 Å². The highest BCUT2D eigenvalue weighted by Crippen LogP contribution is 2.38. The van der Waals surface area contributed by atoms with Crippen molar-refractivity contribution in [3.05, 3.63) is 23.4 Å². The number of fused-ring (bicyclic) bond motifs is 2. The molecule has 102 valence electrons. The Hall–Kier alpha value is -1.62. The van der Waals surface area contributed by atoms with Crippen LogP contribution in [0.15, 0.2) is 12.1 Å². The Kier molecular flexibility index (Phi) is 2.93. The smallest absolute Gasteiger partial charge is 0.248 e. The molecule has 2 saturated heterocycles. The van der Waals surface area contributed by atoms with Crippen LogP contribution in [0.5, 0.6) is 0 Å². The van der Waals surface area contributed by atoms with E-state index in [2.05, 4.69) is 9.88 Å². The van der Waals surface area contributed by atoms with E-state index in [4.69, 9.17) is 11.5 Å². The van der Waals surface area contributed by atoms with Crippen LogP contribution in [0.25, 0.3) is 0 Å². The number of carbonyl (C=O) groups is 1. The Morgan fingerprint density at radius 1 is 1.32 bits per heavy atom. The molecule has 1 aromatic heterocycles. The molecule has 0 aliphatic carbocycles. The molecule has 1 amide bonds. The van der Waals surface area contributed by atoms with Crippen molar-refractivity contribution in [1.29, 1.82) is 0 Å². The van der Waals surface area contributed by atoms with E-state index in [1.54, 1.807) is 6.07 Å². The van der Waals surface area contributed by atoms with Gasteiger partial charge in [-0.15, -0.1) is 0 Å². The van der Waals surface area contributed by atoms with Gasteiger partial charge in [0.05, 0.1) is 0 Å². The molecule has 1 aromatic rings. The highest BCUT2D eigenvalue weighted by Gasteiger charge is 2.40. The monoisotopic (exact) mass is 260 g/mol. The topological polar surface area (TPSA) is 85.2 Å². The van der Waals surface area contributed by atoms with E-state index in [1.807, 2.05) is 13.0 Å². The number of pyridine rings is 1. The first-order valence-electron chi connectivity index (χ1n) is 6.87. The standard InChI is InChI=1S/C14H20N4O/c1-8-4-9(14(16)19)5-13(17-8)18-11-2-3-12(18)7-10(15)6-11/h4-5,10-12H,2-3,6-7,15H2,1H3,(H2,16,19). The number of primary amides is 1. The zero-order valence-corrected chi connectivity index (χ0v) is 11.2. The summed E-state index contributed by atoms with van der Waals surface area (Å²) in [4.78, 5) is 18.3. The highest BCUT2D eigenvalue weighted by molar-refractivity contribution is 5.93. The molecule has 3 rings (SSSR count). The molecule has 5 nitrogen and oxygen atoms in total. The molecule has 0 radical (unpaired) electrons. The molecule has 5 heteroatoms. The molecule has 0 saturated carbocycles. The number of anilines is 1. The van der Waals surface area contributed by atoms with Gasteiger partial charge in [-0.2, -0.15) is 0 Å². The van der Waals surface area contributed by atoms with Gasteiger partial charge in [0.25, 0.3) is 0 Å². The summed E-state index contributed by atoms with van der Waals surface area (Å²) in [6, 6.07) is 4.78. The van der Waals surface area contributed by atoms with Gasteiger partial charge in [0.15, 0.2) is 0 Å². The summed E-state index contributed by atoms with van der Waals surface area (Å²) < 4.78 is 0. The number of nitrogens with two attached hydrogens (primary N) is 2. The number of aryl methyl sites for hydroxylation is 1. The molecular formula is C14H20N4O. The van der Waals surface area contributed by atoms with Crippen molar-refractivity contribution >= 4 is 11.7 Å². The predicted molar refractivity (Wildman–Crippen MR) is 74.0 cm³/mol. The van der Waals surface area contributed by atoms with Crippen molar-refractivity contribution in [1.82, 2.24) is 4.98 Å². The van der Waals surface area contributed by atoms with Crippen LogP contribution in [-0.4, -0.2) is 29.0 Å². The van der Waals surface area contributed by atoms with Gasteiger partial charge in [0, 0.05) is 29.4 Å². The fraction of sp³-hybridized carbons (Fsp3) is 0.571. The van der Waals surface area contributed by atoms with Crippen LogP contribution in [0.4, 0.5) is 5.82 Å². The van der Waals surface area contributed by atoms with E-state index in [-0.39, 0.29) is 0 Å². The van der Waals surface area contributed by atoms with E-state index in [0.29, 0.717) is 23.7 Å². The van der Waals surface area contributed by atoms with E-state index in [9.17, 15) is 4.79 Å². The second-order valence-electron chi connectivity index (χ2n) is 5.74. The van der Waals surface area contributed by atoms with Crippen molar-refractivity contribution in [2.24, 2.45) is 11.5 Å². The number of hydrogen-bond donors (Lipinski definition) is 2. The lowest BCUT2D eigenvalue weighted by Crippen LogP contribution is -2.48. The SMILES string of the molecule is Cc1cc(C(N)=O)cc(N2C3CCC2CC(N)C3)n1. The van der Waals surface area contributed by atoms with E-state index < -0.39 is 5.91 Å². The van der Waals surface area contributed by atoms with E-state index in [1.165, 1.54) is 12.8 Å². The van der Waals surface area contributed by atoms with Crippen molar-refractivity contribution in [3.8, 4) is 0 Å². The third kappa shape index (κ3) is 2.18. The van der Waals surface area contributed by atoms with Gasteiger partial charge in [0.2, 0.25) is 5.91 Å². The maximum Gasteiger partial charge on any atom is 0.248 e. The van der Waals surface area contributed by atoms with Crippen LogP contribution in [0.2, 0.25) is 0 Å². The molecule has 2 aliphatic rings. The van der Waals surface area contributed by atoms with Crippen LogP contribution >= 0.6 is 0 Å². The predicted octanol–water partition coefficient (Wildman–Crippen LogP) is 0.947. The summed E-state index contributed by atoms with van der Waals surface area (Å²) in [5.74, 6) is 0.487. The lowest BCUT2D eigenvalue weighted by molar-refractivity contribution is 0.1000. The van der Waals surface area contributed by atoms with Gasteiger partial charge in [0.1, 0.15) is 5.82 Å². The number of rotatable bonds is 2. The number of amides is 1. The third-order valence-corrected chi connectivity index (χ3v) is 4.26. The zero-order valence-electron chi connectivity index (χ0n) is 11.2. The molecule has 0 spiro atoms. The van der Waals surface area contributed by atoms with Gasteiger partial charge in [-0.05, 0) is 44.7 Å². The summed E-state index contributed by atoms with van der Waals surface area (Å²) in [7, 11) is 0. The van der Waals surface area contributed by atoms with E-state index in [0.717, 1.165) is 24.4 Å². The average Bonchev–Trinajstić information content (AvgIpc) is 2.61. The van der Waals surface area contributed by atoms with Gasteiger partial charge >= 0.3 is 0 Å². The third-order valence-electron chi connectivity index (χ3n) is 4.26. The number of piperidine rings is 1. The summed E-state index contributed by atoms with van der Waals surface area (Å²) in [6.45, 7) is 1.90. The Morgan fingerprint density at radius 2 is 1.95 bits per heavy atom. The zero-order chi connectivity index (χ0) is 13.6. The highest BCUT2D eigenvalue weighted by atomic mass is 16.1. The van der Waals surface area contributed by atoms with Crippen LogP contribution in [0, 0.1) is 6.92 Å². The maximum absolute atomic E-state index is 11.4. The minimum absolute atomic E-state index is 0.300. The van der Waals surface area contributed by atoms with Gasteiger partial charge in [-0.3, -0.25) is 4.79 Å². The fourth-order valence-electron chi connectivity index (χ4n) is 3.52. The van der Waals surface area contributed by atoms with Gasteiger partial charge < -0.3 is 16.4 Å². The molecule has 2 aliphatic heterocycles. The molecule has 2 fully saturated rings. The lowest BCUT2D eigenvalue weighted by Gasteiger charge is -2.38. The van der Waals surface area contributed by atoms with Crippen LogP contribution in [-0.2, 0) is 0 Å². The molecule has 2 atom stereocenters. The largest absolute Gasteiger partial charge is 0.366 e. The normalized spacial score (nSPS) is 29.6. The minimum atomic E-state index is -0.396. The summed E-state index contributed by atoms with van der Waals surface area (Å²) in [5.41, 5.74) is 12.8. The number of aromatic nitrogens is 1. The molecular weight excluding hydrogens is 240 g/mol. The molecule has 2 unspecified atom stereocenters. The van der Waals surface area contributed by atoms with Crippen LogP contribution in [0.1, 0.15) is 41.7 Å². The van der Waals surface area contributed by atoms with Crippen LogP contribution in [0.3, 0.4) is 0 Å². The number of hydrogen-bond acceptors (Lipinski definition) is 4. The minimum Gasteiger partial charge on any atom is -0.366 e. The summed E-state index contributed by atoms with van der Waals surface area (Å²) in [6.07, 6.45) is 4.36. The van der Waals surface area contributed by atoms with Gasteiger partial charge in [-0.25, -0.2) is 4.98 Å². The first-order chi connectivity index (χ1) is 9.04. The second kappa shape index (κ2) is 4.49. The molecule has 19 heavy (non-hydrogen) atoms. The summed E-state index contributed by atoms with van der Waals surface area (Å²) >= 11 is 0. The number of carbonyl (C=O) groups excluding carboxylic acids is 1. The Labute approximate surface area is 113 Å². The quantitative estimate of drug-likeness (QED) is 0.829. The summed E-state index contributed by atoms with van der Waals surface area (Å²) in [5, 5.41) is 0. The molecule has 2 bridgehead atoms. The fourth-order valence-corrected chi connectivity index (χ4v) is 3.52. The first-order valence-corrected chi connectivity index (χ1v) is 6.87. The van der Waals surface area contributed by atoms with E-state index >= 15 is 0 Å². The number of nitrogens with zero attached hydrogens (tertiary/aromatic N) is 2. The first kappa shape index (κ1) is 12.4. The Balaban J connectivity index is 1.96. The maximum atomic E-state index is 11.4. The molecule has 3 heterocycles. The average molecular weight is 260 g/mol. The lowest BCUT2D eigenvalue weighted by atomic mass is 9.98. The second-order valence-corrected chi connectivity index (χ2v) is 5.74. The van der Waals surface area contributed by atoms with Crippen LogP contribution < -0.4 is 16.4 Å².